The lowest BCUT2D eigenvalue weighted by atomic mass is 10.2. The van der Waals surface area contributed by atoms with Crippen molar-refractivity contribution in [2.45, 2.75) is 19.3 Å². The van der Waals surface area contributed by atoms with E-state index in [0.29, 0.717) is 5.69 Å². The first-order valence-corrected chi connectivity index (χ1v) is 4.20. The maximum atomic E-state index is 12.8. The van der Waals surface area contributed by atoms with Crippen LogP contribution in [0.2, 0.25) is 0 Å². The van der Waals surface area contributed by atoms with Gasteiger partial charge in [-0.15, -0.1) is 0 Å². The van der Waals surface area contributed by atoms with Crippen molar-refractivity contribution < 1.29 is 8.78 Å². The number of H-pyrrole nitrogens is 1. The maximum absolute atomic E-state index is 12.8. The molecule has 0 bridgehead atoms. The van der Waals surface area contributed by atoms with E-state index in [1.165, 1.54) is 19.2 Å². The Labute approximate surface area is 79.3 Å². The Morgan fingerprint density at radius 2 is 2.36 bits per heavy atom. The molecule has 0 atom stereocenters. The Bertz CT molecular complexity index is 350. The smallest absolute Gasteiger partial charge is 0.266 e. The number of nitrogens with one attached hydrogen (secondary N) is 2. The second-order valence-corrected chi connectivity index (χ2v) is 2.90. The van der Waals surface area contributed by atoms with Gasteiger partial charge in [-0.3, -0.25) is 4.79 Å². The summed E-state index contributed by atoms with van der Waals surface area (Å²) in [6.45, 7) is 0.909. The third-order valence-electron chi connectivity index (χ3n) is 1.73. The predicted octanol–water partition coefficient (Wildman–Crippen LogP) is 1.23. The number of rotatable bonds is 4. The maximum Gasteiger partial charge on any atom is 0.266 e. The van der Waals surface area contributed by atoms with Crippen LogP contribution in [0, 0.1) is 0 Å². The van der Waals surface area contributed by atoms with Gasteiger partial charge in [0, 0.05) is 12.5 Å². The number of alkyl halides is 2. The number of nitrogens with zero attached hydrogens (tertiary/aromatic N) is 1. The molecule has 1 aromatic heterocycles. The third kappa shape index (κ3) is 3.12. The summed E-state index contributed by atoms with van der Waals surface area (Å²) in [5.74, 6) is -2.76. The Balaban J connectivity index is 2.58. The summed E-state index contributed by atoms with van der Waals surface area (Å²) in [6, 6.07) is 1.18. The van der Waals surface area contributed by atoms with Crippen LogP contribution in [0.1, 0.15) is 13.3 Å². The molecular weight excluding hydrogens is 192 g/mol. The Kier molecular flexibility index (Phi) is 3.16. The van der Waals surface area contributed by atoms with E-state index >= 15 is 0 Å². The second kappa shape index (κ2) is 4.17. The molecule has 0 radical (unpaired) electrons. The molecule has 4 nitrogen and oxygen atoms in total. The molecule has 0 amide bonds. The fourth-order valence-electron chi connectivity index (χ4n) is 0.829. The topological polar surface area (TPSA) is 57.8 Å². The Morgan fingerprint density at radius 3 is 2.93 bits per heavy atom. The van der Waals surface area contributed by atoms with Crippen LogP contribution >= 0.6 is 0 Å². The monoisotopic (exact) mass is 203 g/mol. The molecule has 0 saturated heterocycles. The summed E-state index contributed by atoms with van der Waals surface area (Å²) in [4.78, 5) is 10.7. The largest absolute Gasteiger partial charge is 0.378 e. The van der Waals surface area contributed by atoms with Crippen molar-refractivity contribution in [2.24, 2.45) is 0 Å². The van der Waals surface area contributed by atoms with Gasteiger partial charge in [0.2, 0.25) is 0 Å². The van der Waals surface area contributed by atoms with Crippen LogP contribution in [0.15, 0.2) is 17.1 Å². The number of anilines is 1. The van der Waals surface area contributed by atoms with Crippen molar-refractivity contribution in [1.29, 1.82) is 0 Å². The minimum Gasteiger partial charge on any atom is -0.378 e. The highest BCUT2D eigenvalue weighted by atomic mass is 19.3. The van der Waals surface area contributed by atoms with Gasteiger partial charge in [-0.25, -0.2) is 13.9 Å². The third-order valence-corrected chi connectivity index (χ3v) is 1.73. The molecule has 1 rings (SSSR count). The van der Waals surface area contributed by atoms with E-state index in [1.807, 2.05) is 0 Å². The van der Waals surface area contributed by atoms with Gasteiger partial charge in [-0.05, 0) is 0 Å². The SMILES string of the molecule is CCC(F)(F)CNc1cn[nH]c(=O)c1. The van der Waals surface area contributed by atoms with Crippen LogP contribution in [0.25, 0.3) is 0 Å². The lowest BCUT2D eigenvalue weighted by molar-refractivity contribution is 0.0116. The van der Waals surface area contributed by atoms with Crippen molar-refractivity contribution in [3.63, 3.8) is 0 Å². The Hall–Kier alpha value is -1.46. The van der Waals surface area contributed by atoms with Crippen molar-refractivity contribution in [3.8, 4) is 0 Å². The van der Waals surface area contributed by atoms with Crippen LogP contribution in [0.5, 0.6) is 0 Å². The summed E-state index contributed by atoms with van der Waals surface area (Å²) < 4.78 is 25.5. The molecule has 6 heteroatoms. The predicted molar refractivity (Wildman–Crippen MR) is 48.6 cm³/mol. The molecule has 2 N–H and O–H groups in total. The van der Waals surface area contributed by atoms with Gasteiger partial charge in [0.1, 0.15) is 0 Å². The second-order valence-electron chi connectivity index (χ2n) is 2.90. The molecule has 0 spiro atoms. The van der Waals surface area contributed by atoms with E-state index in [9.17, 15) is 13.6 Å². The highest BCUT2D eigenvalue weighted by Crippen LogP contribution is 2.17. The van der Waals surface area contributed by atoms with Crippen LogP contribution in [0.4, 0.5) is 14.5 Å². The number of aromatic amines is 1. The molecule has 0 aliphatic rings. The van der Waals surface area contributed by atoms with Crippen molar-refractivity contribution in [1.82, 2.24) is 10.2 Å². The van der Waals surface area contributed by atoms with Crippen LogP contribution in [0.3, 0.4) is 0 Å². The van der Waals surface area contributed by atoms with E-state index in [4.69, 9.17) is 0 Å². The zero-order chi connectivity index (χ0) is 10.6. The number of hydrogen-bond donors (Lipinski definition) is 2. The lowest BCUT2D eigenvalue weighted by Crippen LogP contribution is -2.26. The first-order valence-electron chi connectivity index (χ1n) is 4.20. The highest BCUT2D eigenvalue weighted by molar-refractivity contribution is 5.38. The molecule has 0 aliphatic carbocycles. The number of hydrogen-bond acceptors (Lipinski definition) is 3. The van der Waals surface area contributed by atoms with Gasteiger partial charge in [0.05, 0.1) is 18.4 Å². The van der Waals surface area contributed by atoms with Crippen molar-refractivity contribution >= 4 is 5.69 Å². The van der Waals surface area contributed by atoms with E-state index in [2.05, 4.69) is 15.5 Å². The van der Waals surface area contributed by atoms with Gasteiger partial charge in [0.25, 0.3) is 11.5 Å². The molecule has 0 unspecified atom stereocenters. The van der Waals surface area contributed by atoms with Crippen LogP contribution < -0.4 is 10.9 Å². The average Bonchev–Trinajstić information content (AvgIpc) is 2.15. The molecule has 0 aliphatic heterocycles. The van der Waals surface area contributed by atoms with E-state index in [0.717, 1.165) is 0 Å². The quantitative estimate of drug-likeness (QED) is 0.773. The van der Waals surface area contributed by atoms with Crippen LogP contribution in [-0.2, 0) is 0 Å². The van der Waals surface area contributed by atoms with Gasteiger partial charge in [0.15, 0.2) is 0 Å². The minimum absolute atomic E-state index is 0.239. The summed E-state index contributed by atoms with van der Waals surface area (Å²) in [5.41, 5.74) is -0.128. The van der Waals surface area contributed by atoms with Crippen LogP contribution in [-0.4, -0.2) is 22.7 Å². The fraction of sp³-hybridized carbons (Fsp3) is 0.500. The molecule has 1 aromatic rings. The van der Waals surface area contributed by atoms with Gasteiger partial charge < -0.3 is 5.32 Å². The number of aromatic nitrogens is 2. The standard InChI is InChI=1S/C8H11F2N3O/c1-2-8(9,10)5-11-6-3-7(14)13-12-4-6/h3-4H,2,5H2,1H3,(H2,11,13,14). The highest BCUT2D eigenvalue weighted by Gasteiger charge is 2.25. The first-order chi connectivity index (χ1) is 6.53. The molecule has 0 saturated carbocycles. The zero-order valence-electron chi connectivity index (χ0n) is 7.68. The Morgan fingerprint density at radius 1 is 1.64 bits per heavy atom. The summed E-state index contributed by atoms with van der Waals surface area (Å²) in [5, 5.41) is 8.06. The van der Waals surface area contributed by atoms with Gasteiger partial charge in [-0.1, -0.05) is 6.92 Å². The molecular formula is C8H11F2N3O. The lowest BCUT2D eigenvalue weighted by Gasteiger charge is -2.14. The van der Waals surface area contributed by atoms with Crippen molar-refractivity contribution in [2.75, 3.05) is 11.9 Å². The van der Waals surface area contributed by atoms with E-state index < -0.39 is 18.0 Å². The van der Waals surface area contributed by atoms with E-state index in [1.54, 1.807) is 0 Å². The average molecular weight is 203 g/mol. The van der Waals surface area contributed by atoms with Gasteiger partial charge in [-0.2, -0.15) is 5.10 Å². The first kappa shape index (κ1) is 10.6. The zero-order valence-corrected chi connectivity index (χ0v) is 7.68. The molecule has 1 heterocycles. The molecule has 0 aromatic carbocycles. The summed E-state index contributed by atoms with van der Waals surface area (Å²) in [7, 11) is 0. The normalized spacial score (nSPS) is 11.4. The van der Waals surface area contributed by atoms with E-state index in [-0.39, 0.29) is 6.42 Å². The molecule has 0 fully saturated rings. The number of halogens is 2. The van der Waals surface area contributed by atoms with Gasteiger partial charge >= 0.3 is 0 Å². The molecule has 14 heavy (non-hydrogen) atoms. The fourth-order valence-corrected chi connectivity index (χ4v) is 0.829. The summed E-state index contributed by atoms with van der Waals surface area (Å²) in [6.07, 6.45) is 1.05. The minimum atomic E-state index is -2.76. The van der Waals surface area contributed by atoms with Crippen molar-refractivity contribution in [3.05, 3.63) is 22.6 Å². The summed E-state index contributed by atoms with van der Waals surface area (Å²) >= 11 is 0. The molecule has 78 valence electrons.